The Morgan fingerprint density at radius 2 is 1.89 bits per heavy atom. The predicted octanol–water partition coefficient (Wildman–Crippen LogP) is 1.91. The summed E-state index contributed by atoms with van der Waals surface area (Å²) in [7, 11) is 0. The Labute approximate surface area is 109 Å². The van der Waals surface area contributed by atoms with E-state index in [0.717, 1.165) is 25.9 Å². The number of hydrogen-bond donors (Lipinski definition) is 2. The molecular weight excluding hydrogens is 231 g/mol. The van der Waals surface area contributed by atoms with Gasteiger partial charge in [-0.05, 0) is 45.0 Å². The van der Waals surface area contributed by atoms with Crippen molar-refractivity contribution in [3.05, 3.63) is 36.5 Å². The third-order valence-corrected chi connectivity index (χ3v) is 2.36. The van der Waals surface area contributed by atoms with Gasteiger partial charge < -0.3 is 11.1 Å². The molecule has 102 valence electrons. The van der Waals surface area contributed by atoms with Crippen LogP contribution in [0.2, 0.25) is 0 Å². The number of nitrogens with two attached hydrogens (primary N) is 1. The topological polar surface area (TPSA) is 55.1 Å². The van der Waals surface area contributed by atoms with Gasteiger partial charge >= 0.3 is 0 Å². The first-order valence-electron chi connectivity index (χ1n) is 6.22. The van der Waals surface area contributed by atoms with Crippen molar-refractivity contribution in [2.45, 2.75) is 32.0 Å². The fourth-order valence-electron chi connectivity index (χ4n) is 1.37. The highest BCUT2D eigenvalue weighted by molar-refractivity contribution is 5.65. The van der Waals surface area contributed by atoms with Crippen LogP contribution in [0.15, 0.2) is 36.5 Å². The lowest BCUT2D eigenvalue weighted by Gasteiger charge is -2.17. The average Bonchev–Trinajstić information content (AvgIpc) is 2.37. The molecule has 0 radical (unpaired) electrons. The standard InChI is InChI=1S/C9H11FO.C5H12N2/c1-2-6-9(10)7-4-3-5-8-11;6-5-1-3-7-4-2-5/h2-9H,1H3;5,7H,1-4,6H2/b5-3+,6-2-,7-4?;. The van der Waals surface area contributed by atoms with Crippen molar-refractivity contribution in [3.8, 4) is 0 Å². The summed E-state index contributed by atoms with van der Waals surface area (Å²) in [6.07, 6.45) is 10.6. The lowest BCUT2D eigenvalue weighted by Crippen LogP contribution is -2.35. The quantitative estimate of drug-likeness (QED) is 0.349. The number of allylic oxidation sites excluding steroid dienone is 6. The average molecular weight is 254 g/mol. The SMILES string of the molecule is C/C=C\C(F)C=C/C=C/C=O.NC1CCNCC1. The number of hydrogen-bond acceptors (Lipinski definition) is 3. The van der Waals surface area contributed by atoms with E-state index in [2.05, 4.69) is 5.32 Å². The van der Waals surface area contributed by atoms with E-state index in [1.165, 1.54) is 30.4 Å². The Bertz CT molecular complexity index is 282. The maximum atomic E-state index is 12.5. The molecule has 1 heterocycles. The summed E-state index contributed by atoms with van der Waals surface area (Å²) < 4.78 is 12.5. The molecule has 1 atom stereocenters. The number of halogens is 1. The molecule has 1 fully saturated rings. The van der Waals surface area contributed by atoms with Gasteiger partial charge in [0.15, 0.2) is 0 Å². The van der Waals surface area contributed by atoms with Gasteiger partial charge in [-0.1, -0.05) is 24.3 Å². The highest BCUT2D eigenvalue weighted by Gasteiger charge is 2.05. The molecule has 1 saturated heterocycles. The van der Waals surface area contributed by atoms with E-state index in [0.29, 0.717) is 12.3 Å². The van der Waals surface area contributed by atoms with Gasteiger partial charge in [-0.3, -0.25) is 4.79 Å². The van der Waals surface area contributed by atoms with E-state index >= 15 is 0 Å². The Morgan fingerprint density at radius 3 is 2.33 bits per heavy atom. The smallest absolute Gasteiger partial charge is 0.142 e. The second kappa shape index (κ2) is 12.2. The maximum Gasteiger partial charge on any atom is 0.142 e. The zero-order chi connectivity index (χ0) is 13.6. The lowest BCUT2D eigenvalue weighted by molar-refractivity contribution is -0.104. The first-order chi connectivity index (χ1) is 8.70. The van der Waals surface area contributed by atoms with E-state index in [9.17, 15) is 9.18 Å². The third-order valence-electron chi connectivity index (χ3n) is 2.36. The zero-order valence-corrected chi connectivity index (χ0v) is 10.9. The van der Waals surface area contributed by atoms with Gasteiger partial charge in [0.25, 0.3) is 0 Å². The van der Waals surface area contributed by atoms with Crippen LogP contribution in [-0.2, 0) is 4.79 Å². The molecule has 1 rings (SSSR count). The Balaban J connectivity index is 0.000000351. The van der Waals surface area contributed by atoms with Gasteiger partial charge in [-0.25, -0.2) is 4.39 Å². The van der Waals surface area contributed by atoms with E-state index in [1.807, 2.05) is 0 Å². The van der Waals surface area contributed by atoms with Gasteiger partial charge in [0.05, 0.1) is 0 Å². The van der Waals surface area contributed by atoms with E-state index in [1.54, 1.807) is 13.0 Å². The normalized spacial score (nSPS) is 19.1. The molecular formula is C14H23FN2O. The van der Waals surface area contributed by atoms with Gasteiger partial charge in [-0.2, -0.15) is 0 Å². The monoisotopic (exact) mass is 254 g/mol. The first kappa shape index (κ1) is 16.7. The molecule has 4 heteroatoms. The molecule has 0 bridgehead atoms. The molecule has 0 aromatic heterocycles. The summed E-state index contributed by atoms with van der Waals surface area (Å²) in [6, 6.07) is 0.473. The fraction of sp³-hybridized carbons (Fsp3) is 0.500. The number of carbonyl (C=O) groups excluding carboxylic acids is 1. The summed E-state index contributed by atoms with van der Waals surface area (Å²) in [5, 5.41) is 3.24. The molecule has 0 aromatic rings. The van der Waals surface area contributed by atoms with E-state index in [-0.39, 0.29) is 0 Å². The molecule has 1 aliphatic heterocycles. The van der Waals surface area contributed by atoms with Crippen LogP contribution in [0.5, 0.6) is 0 Å². The van der Waals surface area contributed by atoms with Crippen molar-refractivity contribution in [2.24, 2.45) is 5.73 Å². The Hall–Kier alpha value is -1.26. The second-order valence-electron chi connectivity index (χ2n) is 3.96. The van der Waals surface area contributed by atoms with E-state index in [4.69, 9.17) is 5.73 Å². The van der Waals surface area contributed by atoms with Gasteiger partial charge in [0.2, 0.25) is 0 Å². The first-order valence-corrected chi connectivity index (χ1v) is 6.22. The molecule has 0 aromatic carbocycles. The molecule has 3 N–H and O–H groups in total. The fourth-order valence-corrected chi connectivity index (χ4v) is 1.37. The second-order valence-corrected chi connectivity index (χ2v) is 3.96. The number of piperidine rings is 1. The summed E-state index contributed by atoms with van der Waals surface area (Å²) in [5.74, 6) is 0. The summed E-state index contributed by atoms with van der Waals surface area (Å²) >= 11 is 0. The number of nitrogens with one attached hydrogen (secondary N) is 1. The van der Waals surface area contributed by atoms with Crippen LogP contribution in [0.25, 0.3) is 0 Å². The predicted molar refractivity (Wildman–Crippen MR) is 74.1 cm³/mol. The lowest BCUT2D eigenvalue weighted by atomic mass is 10.1. The number of alkyl halides is 1. The van der Waals surface area contributed by atoms with Gasteiger partial charge in [-0.15, -0.1) is 0 Å². The summed E-state index contributed by atoms with van der Waals surface area (Å²) in [5.41, 5.74) is 5.59. The zero-order valence-electron chi connectivity index (χ0n) is 10.9. The number of aldehydes is 1. The largest absolute Gasteiger partial charge is 0.328 e. The van der Waals surface area contributed by atoms with Crippen molar-refractivity contribution < 1.29 is 9.18 Å². The molecule has 1 unspecified atom stereocenters. The molecule has 0 saturated carbocycles. The van der Waals surface area contributed by atoms with Crippen LogP contribution < -0.4 is 11.1 Å². The molecule has 0 amide bonds. The van der Waals surface area contributed by atoms with Crippen molar-refractivity contribution in [1.82, 2.24) is 5.32 Å². The summed E-state index contributed by atoms with van der Waals surface area (Å²) in [4.78, 5) is 9.75. The van der Waals surface area contributed by atoms with Crippen molar-refractivity contribution >= 4 is 6.29 Å². The van der Waals surface area contributed by atoms with Crippen LogP contribution in [0.4, 0.5) is 4.39 Å². The number of carbonyl (C=O) groups is 1. The highest BCUT2D eigenvalue weighted by atomic mass is 19.1. The van der Waals surface area contributed by atoms with Crippen LogP contribution in [0.1, 0.15) is 19.8 Å². The van der Waals surface area contributed by atoms with Gasteiger partial charge in [0, 0.05) is 6.04 Å². The van der Waals surface area contributed by atoms with Gasteiger partial charge in [0.1, 0.15) is 12.5 Å². The molecule has 0 spiro atoms. The minimum atomic E-state index is -1.06. The van der Waals surface area contributed by atoms with Crippen LogP contribution in [0, 0.1) is 0 Å². The van der Waals surface area contributed by atoms with Crippen LogP contribution in [-0.4, -0.2) is 31.6 Å². The third kappa shape index (κ3) is 11.2. The van der Waals surface area contributed by atoms with Crippen LogP contribution >= 0.6 is 0 Å². The minimum Gasteiger partial charge on any atom is -0.328 e. The van der Waals surface area contributed by atoms with Crippen LogP contribution in [0.3, 0.4) is 0 Å². The molecule has 1 aliphatic rings. The van der Waals surface area contributed by atoms with Crippen molar-refractivity contribution in [2.75, 3.05) is 13.1 Å². The highest BCUT2D eigenvalue weighted by Crippen LogP contribution is 1.96. The Morgan fingerprint density at radius 1 is 1.22 bits per heavy atom. The van der Waals surface area contributed by atoms with E-state index < -0.39 is 6.17 Å². The molecule has 3 nitrogen and oxygen atoms in total. The minimum absolute atomic E-state index is 0.473. The van der Waals surface area contributed by atoms with Crippen molar-refractivity contribution in [3.63, 3.8) is 0 Å². The van der Waals surface area contributed by atoms with Crippen molar-refractivity contribution in [1.29, 1.82) is 0 Å². The molecule has 18 heavy (non-hydrogen) atoms. The molecule has 0 aliphatic carbocycles. The summed E-state index contributed by atoms with van der Waals surface area (Å²) in [6.45, 7) is 3.98. The number of rotatable bonds is 4. The maximum absolute atomic E-state index is 12.5. The Kier molecular flexibility index (Phi) is 11.3.